The molecule has 6 heteroatoms. The molecule has 2 atom stereocenters. The van der Waals surface area contributed by atoms with Crippen LogP contribution in [0, 0.1) is 0 Å². The van der Waals surface area contributed by atoms with Crippen molar-refractivity contribution in [3.05, 3.63) is 18.2 Å². The molecule has 6 nitrogen and oxygen atoms in total. The van der Waals surface area contributed by atoms with Crippen LogP contribution in [0.15, 0.2) is 12.5 Å². The summed E-state index contributed by atoms with van der Waals surface area (Å²) in [7, 11) is 0. The number of ether oxygens (including phenoxy) is 1. The Bertz CT molecular complexity index is 455. The molecule has 1 aromatic rings. The fraction of sp³-hybridized carbons (Fsp3) is 0.583. The lowest BCUT2D eigenvalue weighted by atomic mass is 9.97. The lowest BCUT2D eigenvalue weighted by molar-refractivity contribution is -0.146. The number of aryl methyl sites for hydroxylation is 1. The molecule has 2 rings (SSSR count). The molecule has 98 valence electrons. The highest BCUT2D eigenvalue weighted by molar-refractivity contribution is 5.90. The van der Waals surface area contributed by atoms with E-state index in [0.717, 1.165) is 12.2 Å². The number of hydrogen-bond donors (Lipinski definition) is 1. The maximum Gasteiger partial charge on any atom is 0.329 e. The van der Waals surface area contributed by atoms with Crippen molar-refractivity contribution in [3.8, 4) is 0 Å². The van der Waals surface area contributed by atoms with Gasteiger partial charge in [0.05, 0.1) is 12.9 Å². The third kappa shape index (κ3) is 2.23. The number of imidazole rings is 1. The van der Waals surface area contributed by atoms with Crippen LogP contribution in [-0.2, 0) is 20.9 Å². The normalized spacial score (nSPS) is 22.9. The van der Waals surface area contributed by atoms with E-state index in [9.17, 15) is 9.59 Å². The van der Waals surface area contributed by atoms with Crippen molar-refractivity contribution in [1.29, 1.82) is 0 Å². The van der Waals surface area contributed by atoms with E-state index in [-0.39, 0.29) is 17.8 Å². The number of esters is 1. The predicted molar refractivity (Wildman–Crippen MR) is 63.8 cm³/mol. The smallest absolute Gasteiger partial charge is 0.329 e. The van der Waals surface area contributed by atoms with Crippen molar-refractivity contribution in [2.75, 3.05) is 6.61 Å². The molecule has 0 aromatic carbocycles. The van der Waals surface area contributed by atoms with Crippen molar-refractivity contribution in [2.24, 2.45) is 0 Å². The lowest BCUT2D eigenvalue weighted by Crippen LogP contribution is -2.38. The first kappa shape index (κ1) is 12.6. The Balaban J connectivity index is 2.24. The summed E-state index contributed by atoms with van der Waals surface area (Å²) < 4.78 is 6.93. The van der Waals surface area contributed by atoms with Gasteiger partial charge in [0.2, 0.25) is 5.91 Å². The Morgan fingerprint density at radius 1 is 1.61 bits per heavy atom. The van der Waals surface area contributed by atoms with E-state index < -0.39 is 6.04 Å². The summed E-state index contributed by atoms with van der Waals surface area (Å²) in [6.45, 7) is 4.81. The van der Waals surface area contributed by atoms with Gasteiger partial charge in [-0.05, 0) is 13.8 Å². The van der Waals surface area contributed by atoms with Gasteiger partial charge in [-0.2, -0.15) is 0 Å². The summed E-state index contributed by atoms with van der Waals surface area (Å²) in [5, 5.41) is 2.67. The summed E-state index contributed by atoms with van der Waals surface area (Å²) in [5.41, 5.74) is 0.897. The van der Waals surface area contributed by atoms with E-state index in [0.29, 0.717) is 13.0 Å². The third-order valence-corrected chi connectivity index (χ3v) is 3.13. The molecule has 0 aliphatic carbocycles. The first-order chi connectivity index (χ1) is 8.67. The van der Waals surface area contributed by atoms with Gasteiger partial charge in [0.1, 0.15) is 6.04 Å². The first-order valence-electron chi connectivity index (χ1n) is 6.13. The van der Waals surface area contributed by atoms with Crippen molar-refractivity contribution in [2.45, 2.75) is 38.8 Å². The van der Waals surface area contributed by atoms with Crippen molar-refractivity contribution < 1.29 is 14.3 Å². The zero-order valence-electron chi connectivity index (χ0n) is 10.5. The summed E-state index contributed by atoms with van der Waals surface area (Å²) in [5.74, 6) is -0.696. The molecule has 1 aromatic heterocycles. The van der Waals surface area contributed by atoms with Crippen LogP contribution in [0.2, 0.25) is 0 Å². The SMILES string of the molecule is CCOC(=O)C1NC(=O)CC1c1cncn1CC. The van der Waals surface area contributed by atoms with E-state index in [1.165, 1.54) is 0 Å². The second-order valence-corrected chi connectivity index (χ2v) is 4.21. The Hall–Kier alpha value is -1.85. The zero-order chi connectivity index (χ0) is 13.1. The Morgan fingerprint density at radius 3 is 3.06 bits per heavy atom. The van der Waals surface area contributed by atoms with E-state index >= 15 is 0 Å². The average molecular weight is 251 g/mol. The molecule has 18 heavy (non-hydrogen) atoms. The molecule has 1 fully saturated rings. The quantitative estimate of drug-likeness (QED) is 0.788. The fourth-order valence-corrected chi connectivity index (χ4v) is 2.29. The monoisotopic (exact) mass is 251 g/mol. The number of amides is 1. The van der Waals surface area contributed by atoms with Crippen molar-refractivity contribution in [1.82, 2.24) is 14.9 Å². The van der Waals surface area contributed by atoms with E-state index in [4.69, 9.17) is 4.74 Å². The second kappa shape index (κ2) is 5.20. The van der Waals surface area contributed by atoms with Crippen molar-refractivity contribution >= 4 is 11.9 Å². The van der Waals surface area contributed by atoms with Gasteiger partial charge in [0.25, 0.3) is 0 Å². The molecule has 2 unspecified atom stereocenters. The Kier molecular flexibility index (Phi) is 3.64. The Labute approximate surface area is 105 Å². The van der Waals surface area contributed by atoms with E-state index in [2.05, 4.69) is 10.3 Å². The molecular weight excluding hydrogens is 234 g/mol. The van der Waals surface area contributed by atoms with Crippen LogP contribution >= 0.6 is 0 Å². The number of nitrogens with one attached hydrogen (secondary N) is 1. The van der Waals surface area contributed by atoms with Crippen LogP contribution < -0.4 is 5.32 Å². The number of rotatable bonds is 4. The molecule has 0 saturated carbocycles. The molecule has 2 heterocycles. The first-order valence-corrected chi connectivity index (χ1v) is 6.13. The highest BCUT2D eigenvalue weighted by atomic mass is 16.5. The molecule has 0 radical (unpaired) electrons. The summed E-state index contributed by atoms with van der Waals surface area (Å²) in [6, 6.07) is -0.598. The molecule has 1 aliphatic rings. The molecular formula is C12H17N3O3. The summed E-state index contributed by atoms with van der Waals surface area (Å²) in [6.07, 6.45) is 3.72. The standard InChI is InChI=1S/C12H17N3O3/c1-3-15-7-13-6-9(15)8-5-10(16)14-11(8)12(17)18-4-2/h6-8,11H,3-5H2,1-2H3,(H,14,16). The van der Waals surface area contributed by atoms with Crippen LogP contribution in [0.4, 0.5) is 0 Å². The summed E-state index contributed by atoms with van der Waals surface area (Å²) in [4.78, 5) is 27.4. The van der Waals surface area contributed by atoms with Gasteiger partial charge in [0.15, 0.2) is 0 Å². The maximum atomic E-state index is 11.8. The van der Waals surface area contributed by atoms with E-state index in [1.807, 2.05) is 11.5 Å². The molecule has 0 bridgehead atoms. The zero-order valence-corrected chi connectivity index (χ0v) is 10.5. The largest absolute Gasteiger partial charge is 0.464 e. The van der Waals surface area contributed by atoms with Gasteiger partial charge in [0, 0.05) is 30.8 Å². The van der Waals surface area contributed by atoms with Crippen LogP contribution in [0.25, 0.3) is 0 Å². The molecule has 1 aliphatic heterocycles. The van der Waals surface area contributed by atoms with Gasteiger partial charge in [-0.1, -0.05) is 0 Å². The second-order valence-electron chi connectivity index (χ2n) is 4.21. The molecule has 0 spiro atoms. The fourth-order valence-electron chi connectivity index (χ4n) is 2.29. The minimum Gasteiger partial charge on any atom is -0.464 e. The number of nitrogens with zero attached hydrogens (tertiary/aromatic N) is 2. The van der Waals surface area contributed by atoms with Gasteiger partial charge in [-0.15, -0.1) is 0 Å². The van der Waals surface area contributed by atoms with Gasteiger partial charge in [-0.3, -0.25) is 4.79 Å². The molecule has 1 N–H and O–H groups in total. The number of carbonyl (C=O) groups is 2. The molecule has 1 amide bonds. The van der Waals surface area contributed by atoms with Crippen LogP contribution in [0.5, 0.6) is 0 Å². The third-order valence-electron chi connectivity index (χ3n) is 3.13. The minimum absolute atomic E-state index is 0.123. The van der Waals surface area contributed by atoms with Crippen molar-refractivity contribution in [3.63, 3.8) is 0 Å². The number of carbonyl (C=O) groups excluding carboxylic acids is 2. The van der Waals surface area contributed by atoms with Gasteiger partial charge < -0.3 is 14.6 Å². The average Bonchev–Trinajstić information content (AvgIpc) is 2.94. The predicted octanol–water partition coefficient (Wildman–Crippen LogP) is 0.438. The number of aromatic nitrogens is 2. The highest BCUT2D eigenvalue weighted by Gasteiger charge is 2.40. The van der Waals surface area contributed by atoms with Crippen LogP contribution in [0.1, 0.15) is 31.9 Å². The van der Waals surface area contributed by atoms with Crippen LogP contribution in [0.3, 0.4) is 0 Å². The molecule has 1 saturated heterocycles. The summed E-state index contributed by atoms with van der Waals surface area (Å²) >= 11 is 0. The topological polar surface area (TPSA) is 73.2 Å². The highest BCUT2D eigenvalue weighted by Crippen LogP contribution is 2.29. The van der Waals surface area contributed by atoms with Gasteiger partial charge in [-0.25, -0.2) is 9.78 Å². The van der Waals surface area contributed by atoms with E-state index in [1.54, 1.807) is 19.4 Å². The Morgan fingerprint density at radius 2 is 2.39 bits per heavy atom. The maximum absolute atomic E-state index is 11.8. The van der Waals surface area contributed by atoms with Crippen LogP contribution in [-0.4, -0.2) is 34.1 Å². The minimum atomic E-state index is -0.598. The van der Waals surface area contributed by atoms with Gasteiger partial charge >= 0.3 is 5.97 Å². The lowest BCUT2D eigenvalue weighted by Gasteiger charge is -2.18. The number of hydrogen-bond acceptors (Lipinski definition) is 4.